The molecule has 2 aromatic heterocycles. The lowest BCUT2D eigenvalue weighted by molar-refractivity contribution is 0.895. The van der Waals surface area contributed by atoms with Gasteiger partial charge in [-0.2, -0.15) is 0 Å². The van der Waals surface area contributed by atoms with Crippen LogP contribution in [0.15, 0.2) is 24.4 Å². The number of nitrogens with one attached hydrogen (secondary N) is 2. The average molecular weight is 254 g/mol. The SMILES string of the molecule is Cc1ccc2c(C)c(-c3cnc(CCN)[nH]3)[nH]c2c1. The quantitative estimate of drug-likeness (QED) is 0.672. The fourth-order valence-corrected chi connectivity index (χ4v) is 2.47. The number of aromatic nitrogens is 3. The zero-order chi connectivity index (χ0) is 13.4. The van der Waals surface area contributed by atoms with Crippen molar-refractivity contribution in [3.63, 3.8) is 0 Å². The van der Waals surface area contributed by atoms with Crippen molar-refractivity contribution in [2.45, 2.75) is 20.3 Å². The summed E-state index contributed by atoms with van der Waals surface area (Å²) in [4.78, 5) is 11.2. The first-order chi connectivity index (χ1) is 9.19. The van der Waals surface area contributed by atoms with Crippen molar-refractivity contribution in [1.82, 2.24) is 15.0 Å². The summed E-state index contributed by atoms with van der Waals surface area (Å²) in [7, 11) is 0. The Hall–Kier alpha value is -2.07. The van der Waals surface area contributed by atoms with Gasteiger partial charge in [-0.05, 0) is 37.6 Å². The zero-order valence-corrected chi connectivity index (χ0v) is 11.2. The second kappa shape index (κ2) is 4.55. The number of fused-ring (bicyclic) bond motifs is 1. The number of imidazole rings is 1. The third-order valence-electron chi connectivity index (χ3n) is 3.49. The van der Waals surface area contributed by atoms with Gasteiger partial charge in [-0.3, -0.25) is 0 Å². The lowest BCUT2D eigenvalue weighted by Crippen LogP contribution is -2.03. The van der Waals surface area contributed by atoms with E-state index in [1.54, 1.807) is 0 Å². The Kier molecular flexibility index (Phi) is 2.87. The van der Waals surface area contributed by atoms with Crippen LogP contribution in [0.1, 0.15) is 17.0 Å². The monoisotopic (exact) mass is 254 g/mol. The van der Waals surface area contributed by atoms with Crippen molar-refractivity contribution in [3.05, 3.63) is 41.3 Å². The van der Waals surface area contributed by atoms with Crippen LogP contribution >= 0.6 is 0 Å². The second-order valence-electron chi connectivity index (χ2n) is 4.96. The minimum atomic E-state index is 0.609. The van der Waals surface area contributed by atoms with Crippen molar-refractivity contribution in [1.29, 1.82) is 0 Å². The van der Waals surface area contributed by atoms with Crippen LogP contribution in [0.5, 0.6) is 0 Å². The first kappa shape index (κ1) is 12.0. The molecular formula is C15H18N4. The van der Waals surface area contributed by atoms with Crippen LogP contribution < -0.4 is 5.73 Å². The fourth-order valence-electron chi connectivity index (χ4n) is 2.47. The highest BCUT2D eigenvalue weighted by Gasteiger charge is 2.11. The third-order valence-corrected chi connectivity index (χ3v) is 3.49. The maximum absolute atomic E-state index is 5.55. The van der Waals surface area contributed by atoms with Gasteiger partial charge in [0.1, 0.15) is 5.82 Å². The summed E-state index contributed by atoms with van der Waals surface area (Å²) < 4.78 is 0. The predicted octanol–water partition coefficient (Wildman–Crippen LogP) is 2.68. The molecule has 0 radical (unpaired) electrons. The maximum Gasteiger partial charge on any atom is 0.107 e. The number of aryl methyl sites for hydroxylation is 2. The first-order valence-electron chi connectivity index (χ1n) is 6.52. The molecule has 0 amide bonds. The minimum absolute atomic E-state index is 0.609. The maximum atomic E-state index is 5.55. The van der Waals surface area contributed by atoms with Crippen LogP contribution in [-0.2, 0) is 6.42 Å². The molecule has 0 aliphatic rings. The molecule has 98 valence electrons. The first-order valence-corrected chi connectivity index (χ1v) is 6.52. The lowest BCUT2D eigenvalue weighted by Gasteiger charge is -1.96. The van der Waals surface area contributed by atoms with Gasteiger partial charge in [0, 0.05) is 17.3 Å². The van der Waals surface area contributed by atoms with Crippen molar-refractivity contribution in [3.8, 4) is 11.4 Å². The molecule has 19 heavy (non-hydrogen) atoms. The number of H-pyrrole nitrogens is 2. The minimum Gasteiger partial charge on any atom is -0.353 e. The molecule has 1 aromatic carbocycles. The van der Waals surface area contributed by atoms with Gasteiger partial charge in [0.25, 0.3) is 0 Å². The highest BCUT2D eigenvalue weighted by atomic mass is 14.9. The Bertz CT molecular complexity index is 721. The number of rotatable bonds is 3. The Morgan fingerprint density at radius 1 is 1.21 bits per heavy atom. The molecule has 0 aliphatic heterocycles. The number of aromatic amines is 2. The van der Waals surface area contributed by atoms with Crippen molar-refractivity contribution in [2.75, 3.05) is 6.54 Å². The summed E-state index contributed by atoms with van der Waals surface area (Å²) in [6, 6.07) is 6.47. The van der Waals surface area contributed by atoms with Crippen LogP contribution in [0.3, 0.4) is 0 Å². The number of nitrogens with zero attached hydrogens (tertiary/aromatic N) is 1. The van der Waals surface area contributed by atoms with Gasteiger partial charge >= 0.3 is 0 Å². The predicted molar refractivity (Wildman–Crippen MR) is 78.1 cm³/mol. The standard InChI is InChI=1S/C15H18N4/c1-9-3-4-11-10(2)15(19-12(11)7-9)13-8-17-14(18-13)5-6-16/h3-4,7-8,19H,5-6,16H2,1-2H3,(H,17,18). The molecular weight excluding hydrogens is 236 g/mol. The summed E-state index contributed by atoms with van der Waals surface area (Å²) in [6.07, 6.45) is 2.65. The number of benzene rings is 1. The second-order valence-corrected chi connectivity index (χ2v) is 4.96. The topological polar surface area (TPSA) is 70.5 Å². The third kappa shape index (κ3) is 2.04. The van der Waals surface area contributed by atoms with Gasteiger partial charge in [0.05, 0.1) is 17.6 Å². The summed E-state index contributed by atoms with van der Waals surface area (Å²) in [6.45, 7) is 4.84. The van der Waals surface area contributed by atoms with E-state index in [0.29, 0.717) is 6.54 Å². The highest BCUT2D eigenvalue weighted by Crippen LogP contribution is 2.29. The average Bonchev–Trinajstić information content (AvgIpc) is 2.95. The summed E-state index contributed by atoms with van der Waals surface area (Å²) in [5.41, 5.74) is 11.4. The van der Waals surface area contributed by atoms with E-state index in [9.17, 15) is 0 Å². The van der Waals surface area contributed by atoms with E-state index in [1.807, 2.05) is 6.20 Å². The van der Waals surface area contributed by atoms with Gasteiger partial charge in [0.15, 0.2) is 0 Å². The number of hydrogen-bond donors (Lipinski definition) is 3. The lowest BCUT2D eigenvalue weighted by atomic mass is 10.1. The van der Waals surface area contributed by atoms with E-state index >= 15 is 0 Å². The molecule has 0 fully saturated rings. The molecule has 0 bridgehead atoms. The summed E-state index contributed by atoms with van der Waals surface area (Å²) in [5.74, 6) is 0.937. The van der Waals surface area contributed by atoms with E-state index in [-0.39, 0.29) is 0 Å². The molecule has 0 unspecified atom stereocenters. The van der Waals surface area contributed by atoms with Crippen molar-refractivity contribution < 1.29 is 0 Å². The summed E-state index contributed by atoms with van der Waals surface area (Å²) in [5, 5.41) is 1.26. The van der Waals surface area contributed by atoms with Crippen LogP contribution in [0.25, 0.3) is 22.3 Å². The number of nitrogens with two attached hydrogens (primary N) is 1. The van der Waals surface area contributed by atoms with Crippen LogP contribution in [0, 0.1) is 13.8 Å². The van der Waals surface area contributed by atoms with E-state index in [0.717, 1.165) is 23.6 Å². The Morgan fingerprint density at radius 2 is 2.05 bits per heavy atom. The Labute approximate surface area is 112 Å². The van der Waals surface area contributed by atoms with E-state index in [4.69, 9.17) is 5.73 Å². The van der Waals surface area contributed by atoms with Gasteiger partial charge in [0.2, 0.25) is 0 Å². The molecule has 4 N–H and O–H groups in total. The molecule has 0 aliphatic carbocycles. The molecule has 2 heterocycles. The Balaban J connectivity index is 2.10. The molecule has 3 rings (SSSR count). The molecule has 0 saturated heterocycles. The Morgan fingerprint density at radius 3 is 2.84 bits per heavy atom. The molecule has 3 aromatic rings. The molecule has 4 heteroatoms. The number of hydrogen-bond acceptors (Lipinski definition) is 2. The van der Waals surface area contributed by atoms with Crippen molar-refractivity contribution in [2.24, 2.45) is 5.73 Å². The molecule has 0 atom stereocenters. The fraction of sp³-hybridized carbons (Fsp3) is 0.267. The molecule has 0 spiro atoms. The smallest absolute Gasteiger partial charge is 0.107 e. The van der Waals surface area contributed by atoms with Crippen LogP contribution in [-0.4, -0.2) is 21.5 Å². The van der Waals surface area contributed by atoms with E-state index in [2.05, 4.69) is 47.0 Å². The largest absolute Gasteiger partial charge is 0.353 e. The van der Waals surface area contributed by atoms with Gasteiger partial charge in [-0.15, -0.1) is 0 Å². The van der Waals surface area contributed by atoms with Crippen molar-refractivity contribution >= 4 is 10.9 Å². The van der Waals surface area contributed by atoms with Crippen LogP contribution in [0.2, 0.25) is 0 Å². The highest BCUT2D eigenvalue weighted by molar-refractivity contribution is 5.90. The zero-order valence-electron chi connectivity index (χ0n) is 11.2. The van der Waals surface area contributed by atoms with Gasteiger partial charge < -0.3 is 15.7 Å². The molecule has 0 saturated carbocycles. The normalized spacial score (nSPS) is 11.3. The van der Waals surface area contributed by atoms with Gasteiger partial charge in [-0.25, -0.2) is 4.98 Å². The van der Waals surface area contributed by atoms with E-state index in [1.165, 1.54) is 22.0 Å². The molecule has 4 nitrogen and oxygen atoms in total. The van der Waals surface area contributed by atoms with Gasteiger partial charge in [-0.1, -0.05) is 12.1 Å². The summed E-state index contributed by atoms with van der Waals surface area (Å²) >= 11 is 0. The van der Waals surface area contributed by atoms with E-state index < -0.39 is 0 Å². The van der Waals surface area contributed by atoms with Crippen LogP contribution in [0.4, 0.5) is 0 Å².